The fourth-order valence-corrected chi connectivity index (χ4v) is 5.74. The van der Waals surface area contributed by atoms with Gasteiger partial charge in [-0.05, 0) is 38.8 Å². The van der Waals surface area contributed by atoms with Crippen molar-refractivity contribution in [1.82, 2.24) is 24.5 Å². The molecule has 40 heavy (non-hydrogen) atoms. The molecular weight excluding hydrogens is 545 g/mol. The summed E-state index contributed by atoms with van der Waals surface area (Å²) in [5.41, 5.74) is -2.16. The second-order valence-corrected chi connectivity index (χ2v) is 12.5. The van der Waals surface area contributed by atoms with Gasteiger partial charge >= 0.3 is 13.3 Å². The molecule has 1 fully saturated rings. The van der Waals surface area contributed by atoms with E-state index in [1.54, 1.807) is 26.0 Å². The quantitative estimate of drug-likeness (QED) is 0.217. The molecule has 0 aliphatic carbocycles. The molecule has 3 heterocycles. The van der Waals surface area contributed by atoms with Crippen molar-refractivity contribution in [3.05, 3.63) is 63.6 Å². The molecule has 5 N–H and O–H groups in total. The first-order chi connectivity index (χ1) is 18.7. The summed E-state index contributed by atoms with van der Waals surface area (Å²) in [6.45, 7) is 5.96. The Morgan fingerprint density at radius 1 is 1.10 bits per heavy atom. The van der Waals surface area contributed by atoms with E-state index in [0.717, 1.165) is 4.57 Å². The summed E-state index contributed by atoms with van der Waals surface area (Å²) in [5, 5.41) is 38.0. The number of rotatable bonds is 10. The zero-order valence-electron chi connectivity index (χ0n) is 22.5. The lowest BCUT2D eigenvalue weighted by Crippen LogP contribution is -2.40. The predicted octanol–water partition coefficient (Wildman–Crippen LogP) is 1.28. The summed E-state index contributed by atoms with van der Waals surface area (Å²) in [6, 6.07) is 9.04. The van der Waals surface area contributed by atoms with Crippen molar-refractivity contribution in [3.8, 4) is 16.9 Å². The molecule has 0 radical (unpaired) electrons. The summed E-state index contributed by atoms with van der Waals surface area (Å²) in [6.07, 6.45) is -2.97. The number of hydrogen-bond acceptors (Lipinski definition) is 10. The Bertz CT molecular complexity index is 1500. The van der Waals surface area contributed by atoms with Crippen LogP contribution in [0.1, 0.15) is 53.2 Å². The van der Waals surface area contributed by atoms with Crippen molar-refractivity contribution in [2.24, 2.45) is 0 Å². The highest BCUT2D eigenvalue weighted by molar-refractivity contribution is 7.54. The normalized spacial score (nSPS) is 25.7. The van der Waals surface area contributed by atoms with E-state index in [9.17, 15) is 34.4 Å². The summed E-state index contributed by atoms with van der Waals surface area (Å²) in [4.78, 5) is 38.0. The van der Waals surface area contributed by atoms with Gasteiger partial charge in [-0.1, -0.05) is 37.3 Å². The molecule has 1 aromatic carbocycles. The molecule has 0 bridgehead atoms. The van der Waals surface area contributed by atoms with Gasteiger partial charge in [0.05, 0.1) is 29.2 Å². The van der Waals surface area contributed by atoms with Gasteiger partial charge in [0.1, 0.15) is 17.9 Å². The highest BCUT2D eigenvalue weighted by atomic mass is 31.2. The van der Waals surface area contributed by atoms with Crippen LogP contribution in [0.15, 0.2) is 52.3 Å². The van der Waals surface area contributed by atoms with Crippen molar-refractivity contribution in [2.45, 2.75) is 82.4 Å². The average molecular weight is 580 g/mol. The molecule has 0 spiro atoms. The molecule has 4 unspecified atom stereocenters. The first-order valence-corrected chi connectivity index (χ1v) is 14.4. The molecule has 0 amide bonds. The number of aliphatic hydroxyl groups excluding tert-OH is 2. The van der Waals surface area contributed by atoms with Crippen molar-refractivity contribution in [2.75, 3.05) is 0 Å². The number of nitrogens with one attached hydrogen (secondary N) is 1. The van der Waals surface area contributed by atoms with E-state index in [0.29, 0.717) is 5.69 Å². The molecule has 1 saturated heterocycles. The van der Waals surface area contributed by atoms with Crippen LogP contribution in [-0.2, 0) is 13.8 Å². The van der Waals surface area contributed by atoms with Gasteiger partial charge in [-0.2, -0.15) is 0 Å². The minimum Gasteiger partial charge on any atom is -0.388 e. The number of benzene rings is 1. The molecule has 0 saturated carbocycles. The van der Waals surface area contributed by atoms with Crippen LogP contribution in [0.3, 0.4) is 0 Å². The zero-order chi connectivity index (χ0) is 29.5. The Kier molecular flexibility index (Phi) is 8.35. The third kappa shape index (κ3) is 5.75. The minimum absolute atomic E-state index is 0.0275. The molecule has 218 valence electrons. The highest BCUT2D eigenvalue weighted by Gasteiger charge is 2.50. The number of hydrogen-bond donors (Lipinski definition) is 5. The van der Waals surface area contributed by atoms with E-state index in [4.69, 9.17) is 9.26 Å². The van der Waals surface area contributed by atoms with Gasteiger partial charge in [0.2, 0.25) is 0 Å². The number of aromatic amines is 1. The second-order valence-electron chi connectivity index (χ2n) is 10.3. The smallest absolute Gasteiger partial charge is 0.359 e. The van der Waals surface area contributed by atoms with Crippen LogP contribution in [-0.4, -0.2) is 74.0 Å². The van der Waals surface area contributed by atoms with Gasteiger partial charge < -0.3 is 29.5 Å². The Labute approximate surface area is 229 Å². The van der Waals surface area contributed by atoms with Gasteiger partial charge in [0.15, 0.2) is 11.6 Å². The Morgan fingerprint density at radius 2 is 1.77 bits per heavy atom. The van der Waals surface area contributed by atoms with E-state index in [2.05, 4.69) is 15.3 Å². The number of ether oxygens (including phenoxy) is 1. The van der Waals surface area contributed by atoms with Crippen LogP contribution < -0.4 is 11.2 Å². The Hall–Kier alpha value is -2.97. The van der Waals surface area contributed by atoms with Gasteiger partial charge in [-0.3, -0.25) is 18.9 Å². The molecule has 1 aliphatic heterocycles. The van der Waals surface area contributed by atoms with Crippen LogP contribution in [0.5, 0.6) is 0 Å². The number of aromatic nitrogens is 5. The van der Waals surface area contributed by atoms with Crippen molar-refractivity contribution < 1.29 is 34.0 Å². The highest BCUT2D eigenvalue weighted by Crippen LogP contribution is 2.59. The maximum absolute atomic E-state index is 12.8. The lowest BCUT2D eigenvalue weighted by Gasteiger charge is -2.37. The molecule has 14 nitrogen and oxygen atoms in total. The Balaban J connectivity index is 1.61. The van der Waals surface area contributed by atoms with Crippen molar-refractivity contribution >= 4 is 7.60 Å². The van der Waals surface area contributed by atoms with Crippen LogP contribution in [0.2, 0.25) is 0 Å². The monoisotopic (exact) mass is 579 g/mol. The molecule has 15 heteroatoms. The fourth-order valence-electron chi connectivity index (χ4n) is 4.35. The summed E-state index contributed by atoms with van der Waals surface area (Å²) >= 11 is 0. The van der Waals surface area contributed by atoms with E-state index in [-0.39, 0.29) is 30.5 Å². The largest absolute Gasteiger partial charge is 0.388 e. The molecular formula is C25H34N5O9P. The SMILES string of the molecule is CCC(C)(C[C@H]1O[C@@H](n2cc(-c3cn(-c4ccccc4)nn3)c(=O)[nH]c2=O)[C@@H](O)C1O)OP(=O)(O)C(C)(O)CC. The van der Waals surface area contributed by atoms with Crippen LogP contribution in [0, 0.1) is 0 Å². The van der Waals surface area contributed by atoms with Gasteiger partial charge in [0.25, 0.3) is 5.56 Å². The van der Waals surface area contributed by atoms with Crippen molar-refractivity contribution in [3.63, 3.8) is 0 Å². The molecule has 7 atom stereocenters. The first kappa shape index (κ1) is 30.0. The summed E-state index contributed by atoms with van der Waals surface area (Å²) in [5.74, 6) is 0. The van der Waals surface area contributed by atoms with E-state index < -0.39 is 54.3 Å². The zero-order valence-corrected chi connectivity index (χ0v) is 23.4. The number of aliphatic hydroxyl groups is 3. The standard InChI is InChI=1S/C25H34N5O9P/c1-5-24(3,39-40(36,37)25(4,35)6-2)12-18-19(31)20(32)22(38-18)29-13-16(21(33)26-23(29)34)17-14-30(28-27-17)15-10-8-7-9-11-15/h7-11,13-14,18-20,22,31-32,35H,5-6,12H2,1-4H3,(H,36,37)(H,26,33,34)/t18-,19?,20+,22-,24?,25?/m1/s1. The average Bonchev–Trinajstić information content (AvgIpc) is 3.50. The van der Waals surface area contributed by atoms with Crippen molar-refractivity contribution in [1.29, 1.82) is 0 Å². The third-order valence-electron chi connectivity index (χ3n) is 7.37. The van der Waals surface area contributed by atoms with Gasteiger partial charge in [-0.25, -0.2) is 9.48 Å². The first-order valence-electron chi connectivity index (χ1n) is 12.8. The predicted molar refractivity (Wildman–Crippen MR) is 143 cm³/mol. The van der Waals surface area contributed by atoms with E-state index in [1.807, 2.05) is 18.2 Å². The second kappa shape index (κ2) is 11.1. The molecule has 4 rings (SSSR count). The van der Waals surface area contributed by atoms with Gasteiger partial charge in [-0.15, -0.1) is 5.10 Å². The summed E-state index contributed by atoms with van der Waals surface area (Å²) < 4.78 is 26.6. The minimum atomic E-state index is -4.53. The fraction of sp³-hybridized carbons (Fsp3) is 0.520. The molecule has 3 aromatic rings. The topological polar surface area (TPSA) is 202 Å². The van der Waals surface area contributed by atoms with E-state index in [1.165, 1.54) is 30.9 Å². The number of nitrogens with zero attached hydrogens (tertiary/aromatic N) is 4. The van der Waals surface area contributed by atoms with Gasteiger partial charge in [0, 0.05) is 12.6 Å². The van der Waals surface area contributed by atoms with E-state index >= 15 is 0 Å². The lowest BCUT2D eigenvalue weighted by molar-refractivity contribution is -0.0714. The summed E-state index contributed by atoms with van der Waals surface area (Å²) in [7, 11) is -4.53. The third-order valence-corrected chi connectivity index (χ3v) is 9.59. The maximum atomic E-state index is 12.8. The number of H-pyrrole nitrogens is 1. The lowest BCUT2D eigenvalue weighted by atomic mass is 9.93. The van der Waals surface area contributed by atoms with Crippen LogP contribution in [0.25, 0.3) is 16.9 Å². The maximum Gasteiger partial charge on any atom is 0.359 e. The number of para-hydroxylation sites is 1. The van der Waals surface area contributed by atoms with Crippen LogP contribution >= 0.6 is 7.60 Å². The molecule has 1 aliphatic rings. The van der Waals surface area contributed by atoms with Crippen LogP contribution in [0.4, 0.5) is 0 Å². The molecule has 2 aromatic heterocycles. The Morgan fingerprint density at radius 3 is 2.40 bits per heavy atom.